The van der Waals surface area contributed by atoms with E-state index >= 15 is 0 Å². The van der Waals surface area contributed by atoms with Gasteiger partial charge in [-0.25, -0.2) is 0 Å². The van der Waals surface area contributed by atoms with Gasteiger partial charge in [0.2, 0.25) is 0 Å². The van der Waals surface area contributed by atoms with Crippen molar-refractivity contribution in [2.45, 2.75) is 11.8 Å². The number of rotatable bonds is 3. The van der Waals surface area contributed by atoms with Gasteiger partial charge in [-0.05, 0) is 23.6 Å². The third kappa shape index (κ3) is 2.78. The maximum Gasteiger partial charge on any atom is 0.0642 e. The molecule has 2 aliphatic rings. The highest BCUT2D eigenvalue weighted by Crippen LogP contribution is 2.40. The van der Waals surface area contributed by atoms with E-state index in [4.69, 9.17) is 4.74 Å². The molecule has 122 valence electrons. The summed E-state index contributed by atoms with van der Waals surface area (Å²) >= 11 is 0. The van der Waals surface area contributed by atoms with Crippen molar-refractivity contribution in [1.82, 2.24) is 4.90 Å². The molecule has 2 nitrogen and oxygen atoms in total. The van der Waals surface area contributed by atoms with Gasteiger partial charge in [0.25, 0.3) is 0 Å². The molecule has 0 spiro atoms. The lowest BCUT2D eigenvalue weighted by Gasteiger charge is -2.37. The molecule has 1 fully saturated rings. The molecule has 24 heavy (non-hydrogen) atoms. The van der Waals surface area contributed by atoms with E-state index < -0.39 is 0 Å². The van der Waals surface area contributed by atoms with E-state index in [9.17, 15) is 0 Å². The molecule has 0 N–H and O–H groups in total. The van der Waals surface area contributed by atoms with Crippen LogP contribution >= 0.6 is 0 Å². The molecule has 0 amide bonds. The molecule has 0 bridgehead atoms. The lowest BCUT2D eigenvalue weighted by atomic mass is 9.70. The van der Waals surface area contributed by atoms with Crippen molar-refractivity contribution in [3.05, 3.63) is 95.7 Å². The van der Waals surface area contributed by atoms with Crippen LogP contribution < -0.4 is 0 Å². The third-order valence-electron chi connectivity index (χ3n) is 5.13. The fourth-order valence-electron chi connectivity index (χ4n) is 3.75. The van der Waals surface area contributed by atoms with Gasteiger partial charge in [-0.2, -0.15) is 0 Å². The molecule has 1 aliphatic carbocycles. The quantitative estimate of drug-likeness (QED) is 0.843. The average Bonchev–Trinajstić information content (AvgIpc) is 2.70. The lowest BCUT2D eigenvalue weighted by molar-refractivity contribution is 0.0550. The second-order valence-corrected chi connectivity index (χ2v) is 6.47. The summed E-state index contributed by atoms with van der Waals surface area (Å²) in [7, 11) is 0. The Labute approximate surface area is 144 Å². The smallest absolute Gasteiger partial charge is 0.0642 e. The predicted molar refractivity (Wildman–Crippen MR) is 97.9 cm³/mol. The van der Waals surface area contributed by atoms with Crippen LogP contribution in [0, 0.1) is 0 Å². The Morgan fingerprint density at radius 3 is 1.88 bits per heavy atom. The van der Waals surface area contributed by atoms with Crippen molar-refractivity contribution in [3.63, 3.8) is 0 Å². The van der Waals surface area contributed by atoms with Crippen LogP contribution in [-0.4, -0.2) is 31.2 Å². The highest BCUT2D eigenvalue weighted by atomic mass is 16.5. The highest BCUT2D eigenvalue weighted by Gasteiger charge is 2.33. The molecule has 2 aromatic rings. The van der Waals surface area contributed by atoms with Crippen molar-refractivity contribution < 1.29 is 4.74 Å². The molecule has 1 heterocycles. The van der Waals surface area contributed by atoms with E-state index in [0.717, 1.165) is 32.7 Å². The molecule has 2 aromatic carbocycles. The maximum atomic E-state index is 5.48. The van der Waals surface area contributed by atoms with Crippen molar-refractivity contribution in [3.8, 4) is 0 Å². The summed E-state index contributed by atoms with van der Waals surface area (Å²) in [5.41, 5.74) is 3.97. The Bertz CT molecular complexity index is 688. The number of allylic oxidation sites excluding steroid dienone is 3. The molecule has 1 aliphatic heterocycles. The molecular weight excluding hydrogens is 294 g/mol. The summed E-state index contributed by atoms with van der Waals surface area (Å²) in [6.45, 7) is 3.63. The lowest BCUT2D eigenvalue weighted by Crippen LogP contribution is -2.36. The van der Waals surface area contributed by atoms with Crippen LogP contribution in [0.15, 0.2) is 84.6 Å². The number of morpholine rings is 1. The summed E-state index contributed by atoms with van der Waals surface area (Å²) in [6.07, 6.45) is 8.08. The second kappa shape index (κ2) is 6.66. The van der Waals surface area contributed by atoms with E-state index in [2.05, 4.69) is 83.8 Å². The van der Waals surface area contributed by atoms with Gasteiger partial charge in [-0.15, -0.1) is 0 Å². The van der Waals surface area contributed by atoms with Gasteiger partial charge >= 0.3 is 0 Å². The van der Waals surface area contributed by atoms with Gasteiger partial charge in [-0.1, -0.05) is 72.8 Å². The van der Waals surface area contributed by atoms with Crippen molar-refractivity contribution in [1.29, 1.82) is 0 Å². The van der Waals surface area contributed by atoms with Gasteiger partial charge in [-0.3, -0.25) is 0 Å². The number of nitrogens with zero attached hydrogens (tertiary/aromatic N) is 1. The number of hydrogen-bond donors (Lipinski definition) is 0. The van der Waals surface area contributed by atoms with Crippen LogP contribution in [0.25, 0.3) is 0 Å². The Morgan fingerprint density at radius 2 is 1.38 bits per heavy atom. The zero-order chi connectivity index (χ0) is 16.2. The first kappa shape index (κ1) is 15.2. The SMILES string of the molecule is C1=CC(c2ccccc2)(c2ccccc2)CC=C1N1CCOCC1. The van der Waals surface area contributed by atoms with Gasteiger partial charge in [0.05, 0.1) is 13.2 Å². The summed E-state index contributed by atoms with van der Waals surface area (Å²) < 4.78 is 5.48. The summed E-state index contributed by atoms with van der Waals surface area (Å²) in [6, 6.07) is 21.7. The topological polar surface area (TPSA) is 12.5 Å². The van der Waals surface area contributed by atoms with E-state index in [0.29, 0.717) is 0 Å². The Hall–Kier alpha value is -2.32. The standard InChI is InChI=1S/C22H23NO/c1-3-7-19(8-4-1)22(20-9-5-2-6-10-20)13-11-21(12-14-22)23-15-17-24-18-16-23/h1-13H,14-18H2. The first-order valence-corrected chi connectivity index (χ1v) is 8.72. The van der Waals surface area contributed by atoms with Crippen LogP contribution in [0.1, 0.15) is 17.5 Å². The Morgan fingerprint density at radius 1 is 0.792 bits per heavy atom. The van der Waals surface area contributed by atoms with Crippen molar-refractivity contribution in [2.24, 2.45) is 0 Å². The minimum absolute atomic E-state index is 0.0711. The van der Waals surface area contributed by atoms with Gasteiger partial charge in [0, 0.05) is 24.2 Å². The first-order valence-electron chi connectivity index (χ1n) is 8.72. The number of hydrogen-bond acceptors (Lipinski definition) is 2. The van der Waals surface area contributed by atoms with Crippen LogP contribution in [0.2, 0.25) is 0 Å². The van der Waals surface area contributed by atoms with Gasteiger partial charge in [0.15, 0.2) is 0 Å². The molecule has 1 saturated heterocycles. The largest absolute Gasteiger partial charge is 0.378 e. The molecule has 0 saturated carbocycles. The highest BCUT2D eigenvalue weighted by molar-refractivity contribution is 5.48. The third-order valence-corrected chi connectivity index (χ3v) is 5.13. The normalized spacial score (nSPS) is 19.8. The minimum Gasteiger partial charge on any atom is -0.378 e. The number of benzene rings is 2. The van der Waals surface area contributed by atoms with Crippen molar-refractivity contribution in [2.75, 3.05) is 26.3 Å². The average molecular weight is 317 g/mol. The van der Waals surface area contributed by atoms with E-state index in [1.165, 1.54) is 16.8 Å². The summed E-state index contributed by atoms with van der Waals surface area (Å²) in [4.78, 5) is 2.43. The fraction of sp³-hybridized carbons (Fsp3) is 0.273. The summed E-state index contributed by atoms with van der Waals surface area (Å²) in [5, 5.41) is 0. The predicted octanol–water partition coefficient (Wildman–Crippen LogP) is 4.15. The zero-order valence-electron chi connectivity index (χ0n) is 13.9. The molecule has 2 heteroatoms. The Balaban J connectivity index is 1.70. The summed E-state index contributed by atoms with van der Waals surface area (Å²) in [5.74, 6) is 0. The van der Waals surface area contributed by atoms with Gasteiger partial charge < -0.3 is 9.64 Å². The van der Waals surface area contributed by atoms with Crippen molar-refractivity contribution >= 4 is 0 Å². The van der Waals surface area contributed by atoms with Crippen LogP contribution in [0.3, 0.4) is 0 Å². The van der Waals surface area contributed by atoms with Crippen LogP contribution in [0.4, 0.5) is 0 Å². The van der Waals surface area contributed by atoms with Gasteiger partial charge in [0.1, 0.15) is 0 Å². The second-order valence-electron chi connectivity index (χ2n) is 6.47. The van der Waals surface area contributed by atoms with E-state index in [1.54, 1.807) is 0 Å². The molecule has 0 unspecified atom stereocenters. The molecule has 0 radical (unpaired) electrons. The van der Waals surface area contributed by atoms with Crippen LogP contribution in [-0.2, 0) is 10.2 Å². The molecule has 0 aromatic heterocycles. The minimum atomic E-state index is -0.0711. The van der Waals surface area contributed by atoms with E-state index in [-0.39, 0.29) is 5.41 Å². The molecule has 4 rings (SSSR count). The number of ether oxygens (including phenoxy) is 1. The maximum absolute atomic E-state index is 5.48. The molecule has 0 atom stereocenters. The Kier molecular flexibility index (Phi) is 4.22. The fourth-order valence-corrected chi connectivity index (χ4v) is 3.75. The monoisotopic (exact) mass is 317 g/mol. The molecular formula is C22H23NO. The zero-order valence-corrected chi connectivity index (χ0v) is 13.9. The first-order chi connectivity index (χ1) is 11.9. The van der Waals surface area contributed by atoms with E-state index in [1.807, 2.05) is 0 Å². The van der Waals surface area contributed by atoms with Crippen LogP contribution in [0.5, 0.6) is 0 Å².